The fourth-order valence-corrected chi connectivity index (χ4v) is 5.37. The summed E-state index contributed by atoms with van der Waals surface area (Å²) in [7, 11) is 0. The van der Waals surface area contributed by atoms with Gasteiger partial charge in [0.2, 0.25) is 0 Å². The van der Waals surface area contributed by atoms with Crippen molar-refractivity contribution >= 4 is 17.5 Å². The van der Waals surface area contributed by atoms with Gasteiger partial charge in [-0.1, -0.05) is 12.1 Å². The number of hydrogen-bond acceptors (Lipinski definition) is 7. The van der Waals surface area contributed by atoms with Crippen LogP contribution in [0.25, 0.3) is 11.1 Å². The van der Waals surface area contributed by atoms with Crippen LogP contribution in [0.1, 0.15) is 47.8 Å². The summed E-state index contributed by atoms with van der Waals surface area (Å²) in [6, 6.07) is 12.6. The van der Waals surface area contributed by atoms with E-state index in [1.165, 1.54) is 34.7 Å². The first kappa shape index (κ1) is 25.1. The van der Waals surface area contributed by atoms with Crippen LogP contribution in [0.5, 0.6) is 5.75 Å². The quantitative estimate of drug-likeness (QED) is 0.447. The van der Waals surface area contributed by atoms with Crippen LogP contribution in [-0.4, -0.2) is 43.4 Å². The number of pyridine rings is 1. The molecule has 0 bridgehead atoms. The average Bonchev–Trinajstić information content (AvgIpc) is 3.18. The van der Waals surface area contributed by atoms with Crippen molar-refractivity contribution < 1.29 is 19.0 Å². The monoisotopic (exact) mass is 501 g/mol. The van der Waals surface area contributed by atoms with Crippen LogP contribution < -0.4 is 15.0 Å². The van der Waals surface area contributed by atoms with Crippen LogP contribution in [0.3, 0.4) is 0 Å². The van der Waals surface area contributed by atoms with E-state index < -0.39 is 0 Å². The van der Waals surface area contributed by atoms with Crippen molar-refractivity contribution in [2.45, 2.75) is 53.4 Å². The number of esters is 1. The Morgan fingerprint density at radius 3 is 2.62 bits per heavy atom. The van der Waals surface area contributed by atoms with Crippen molar-refractivity contribution in [2.75, 3.05) is 36.5 Å². The van der Waals surface area contributed by atoms with Crippen LogP contribution in [-0.2, 0) is 20.8 Å². The zero-order valence-corrected chi connectivity index (χ0v) is 22.3. The molecule has 3 heterocycles. The maximum atomic E-state index is 11.5. The summed E-state index contributed by atoms with van der Waals surface area (Å²) in [6.07, 6.45) is 1.43. The molecule has 7 nitrogen and oxygen atoms in total. The lowest BCUT2D eigenvalue weighted by Crippen LogP contribution is -2.37. The van der Waals surface area contributed by atoms with Gasteiger partial charge in [-0.25, -0.2) is 4.98 Å². The predicted molar refractivity (Wildman–Crippen MR) is 145 cm³/mol. The van der Waals surface area contributed by atoms with Crippen molar-refractivity contribution in [3.63, 3.8) is 0 Å². The number of carbonyl (C=O) groups excluding carboxylic acids is 1. The third kappa shape index (κ3) is 5.14. The topological polar surface area (TPSA) is 72.9 Å². The van der Waals surface area contributed by atoms with E-state index in [0.29, 0.717) is 6.54 Å². The molecule has 1 aromatic heterocycles. The summed E-state index contributed by atoms with van der Waals surface area (Å²) in [4.78, 5) is 18.6. The second-order valence-corrected chi connectivity index (χ2v) is 9.96. The summed E-state index contributed by atoms with van der Waals surface area (Å²) in [5.41, 5.74) is 9.13. The number of anilines is 2. The van der Waals surface area contributed by atoms with Crippen molar-refractivity contribution in [1.29, 1.82) is 0 Å². The largest absolute Gasteiger partial charge is 0.486 e. The van der Waals surface area contributed by atoms with Gasteiger partial charge in [0.15, 0.2) is 6.10 Å². The zero-order valence-electron chi connectivity index (χ0n) is 22.3. The molecule has 194 valence electrons. The molecule has 2 atom stereocenters. The minimum absolute atomic E-state index is 0.206. The van der Waals surface area contributed by atoms with E-state index in [-0.39, 0.29) is 18.2 Å². The molecule has 0 radical (unpaired) electrons. The van der Waals surface area contributed by atoms with Crippen molar-refractivity contribution in [2.24, 2.45) is 0 Å². The minimum Gasteiger partial charge on any atom is -0.486 e. The lowest BCUT2D eigenvalue weighted by atomic mass is 9.92. The van der Waals surface area contributed by atoms with E-state index in [9.17, 15) is 4.79 Å². The maximum absolute atomic E-state index is 11.5. The van der Waals surface area contributed by atoms with Gasteiger partial charge in [-0.3, -0.25) is 4.79 Å². The number of nitrogens with one attached hydrogen (secondary N) is 1. The standard InChI is InChI=1S/C30H35N3O4/c1-18-6-7-23(16-31-25-8-9-26-27(15-25)36-21(4)29(26)37-22(5)34)20(3)28(18)24-14-19(2)30(32-17-24)33-10-12-35-13-11-33/h6-9,14-15,17,21,29,31H,10-13,16H2,1-5H3/t21?,29-/m1/s1. The summed E-state index contributed by atoms with van der Waals surface area (Å²) < 4.78 is 16.9. The molecule has 0 spiro atoms. The number of carbonyl (C=O) groups is 1. The van der Waals surface area contributed by atoms with Crippen molar-refractivity contribution in [3.05, 3.63) is 70.4 Å². The van der Waals surface area contributed by atoms with E-state index in [4.69, 9.17) is 19.2 Å². The number of benzene rings is 2. The van der Waals surface area contributed by atoms with E-state index in [1.54, 1.807) is 0 Å². The Labute approximate surface area is 218 Å². The summed E-state index contributed by atoms with van der Waals surface area (Å²) in [5.74, 6) is 1.50. The molecular weight excluding hydrogens is 466 g/mol. The molecule has 7 heteroatoms. The highest BCUT2D eigenvalue weighted by atomic mass is 16.6. The summed E-state index contributed by atoms with van der Waals surface area (Å²) in [6.45, 7) is 13.8. The molecule has 1 saturated heterocycles. The first-order valence-corrected chi connectivity index (χ1v) is 12.9. The normalized spacial score (nSPS) is 18.8. The number of aryl methyl sites for hydroxylation is 2. The van der Waals surface area contributed by atoms with Gasteiger partial charge in [0, 0.05) is 55.6 Å². The molecule has 2 aliphatic rings. The zero-order chi connectivity index (χ0) is 26.1. The van der Waals surface area contributed by atoms with Crippen LogP contribution in [0, 0.1) is 20.8 Å². The fourth-order valence-electron chi connectivity index (χ4n) is 5.37. The van der Waals surface area contributed by atoms with E-state index in [1.807, 2.05) is 31.3 Å². The van der Waals surface area contributed by atoms with Gasteiger partial charge >= 0.3 is 5.97 Å². The Balaban J connectivity index is 1.34. The summed E-state index contributed by atoms with van der Waals surface area (Å²) >= 11 is 0. The second kappa shape index (κ2) is 10.4. The lowest BCUT2D eigenvalue weighted by molar-refractivity contribution is -0.149. The number of rotatable bonds is 6. The molecule has 0 saturated carbocycles. The van der Waals surface area contributed by atoms with Gasteiger partial charge in [0.1, 0.15) is 17.7 Å². The SMILES string of the molecule is CC(=O)O[C@H]1c2ccc(NCc3ccc(C)c(-c4cnc(N5CCOCC5)c(C)c4)c3C)cc2OC1C. The highest BCUT2D eigenvalue weighted by molar-refractivity contribution is 5.73. The predicted octanol–water partition coefficient (Wildman–Crippen LogP) is 5.51. The van der Waals surface area contributed by atoms with Gasteiger partial charge in [-0.2, -0.15) is 0 Å². The van der Waals surface area contributed by atoms with Crippen LogP contribution in [0.15, 0.2) is 42.6 Å². The second-order valence-electron chi connectivity index (χ2n) is 9.96. The molecule has 1 fully saturated rings. The number of nitrogens with zero attached hydrogens (tertiary/aromatic N) is 2. The van der Waals surface area contributed by atoms with Gasteiger partial charge < -0.3 is 24.4 Å². The Morgan fingerprint density at radius 2 is 1.89 bits per heavy atom. The van der Waals surface area contributed by atoms with Gasteiger partial charge in [-0.05, 0) is 73.7 Å². The van der Waals surface area contributed by atoms with Crippen LogP contribution >= 0.6 is 0 Å². The number of aromatic nitrogens is 1. The molecule has 3 aromatic rings. The highest BCUT2D eigenvalue weighted by Gasteiger charge is 2.33. The molecular formula is C30H35N3O4. The smallest absolute Gasteiger partial charge is 0.303 e. The molecule has 5 rings (SSSR count). The van der Waals surface area contributed by atoms with Gasteiger partial charge in [0.25, 0.3) is 0 Å². The van der Waals surface area contributed by atoms with Gasteiger partial charge in [0.05, 0.1) is 13.2 Å². The number of ether oxygens (including phenoxy) is 3. The molecule has 1 unspecified atom stereocenters. The fraction of sp³-hybridized carbons (Fsp3) is 0.400. The van der Waals surface area contributed by atoms with E-state index in [0.717, 1.165) is 54.7 Å². The molecule has 37 heavy (non-hydrogen) atoms. The van der Waals surface area contributed by atoms with Crippen LogP contribution in [0.4, 0.5) is 11.5 Å². The van der Waals surface area contributed by atoms with E-state index >= 15 is 0 Å². The summed E-state index contributed by atoms with van der Waals surface area (Å²) in [5, 5.41) is 3.54. The van der Waals surface area contributed by atoms with Gasteiger partial charge in [-0.15, -0.1) is 0 Å². The number of hydrogen-bond donors (Lipinski definition) is 1. The number of fused-ring (bicyclic) bond motifs is 1. The first-order chi connectivity index (χ1) is 17.8. The first-order valence-electron chi connectivity index (χ1n) is 12.9. The third-order valence-corrected chi connectivity index (χ3v) is 7.27. The molecule has 0 aliphatic carbocycles. The van der Waals surface area contributed by atoms with Crippen molar-refractivity contribution in [3.8, 4) is 16.9 Å². The lowest BCUT2D eigenvalue weighted by Gasteiger charge is -2.29. The molecule has 2 aromatic carbocycles. The highest BCUT2D eigenvalue weighted by Crippen LogP contribution is 2.40. The minimum atomic E-state index is -0.366. The van der Waals surface area contributed by atoms with Crippen LogP contribution in [0.2, 0.25) is 0 Å². The van der Waals surface area contributed by atoms with Crippen molar-refractivity contribution in [1.82, 2.24) is 4.98 Å². The average molecular weight is 502 g/mol. The molecule has 1 N–H and O–H groups in total. The Hall–Kier alpha value is -3.58. The Morgan fingerprint density at radius 1 is 1.11 bits per heavy atom. The Bertz CT molecular complexity index is 1320. The molecule has 2 aliphatic heterocycles. The number of morpholine rings is 1. The third-order valence-electron chi connectivity index (χ3n) is 7.27. The maximum Gasteiger partial charge on any atom is 0.303 e. The van der Waals surface area contributed by atoms with E-state index in [2.05, 4.69) is 49.2 Å². The molecule has 0 amide bonds. The Kier molecular flexibility index (Phi) is 7.07.